The van der Waals surface area contributed by atoms with Crippen LogP contribution in [0.1, 0.15) is 20.8 Å². The van der Waals surface area contributed by atoms with Gasteiger partial charge in [-0.3, -0.25) is 9.59 Å². The van der Waals surface area contributed by atoms with Crippen molar-refractivity contribution in [1.82, 2.24) is 10.6 Å². The minimum absolute atomic E-state index is 0.158. The number of nitrogens with one attached hydrogen (secondary N) is 2. The predicted octanol–water partition coefficient (Wildman–Crippen LogP) is -6.42. The van der Waals surface area contributed by atoms with Gasteiger partial charge in [0.2, 0.25) is 11.8 Å². The summed E-state index contributed by atoms with van der Waals surface area (Å²) >= 11 is 0. The number of amides is 2. The summed E-state index contributed by atoms with van der Waals surface area (Å²) < 4.78 is 21.7. The lowest BCUT2D eigenvalue weighted by molar-refractivity contribution is -0.313. The molecule has 0 spiro atoms. The van der Waals surface area contributed by atoms with Gasteiger partial charge < -0.3 is 75.2 Å². The van der Waals surface area contributed by atoms with Crippen LogP contribution in [0.15, 0.2) is 0 Å². The van der Waals surface area contributed by atoms with Gasteiger partial charge in [-0.2, -0.15) is 0 Å². The molecule has 0 aromatic carbocycles. The minimum Gasteiger partial charge on any atom is -0.394 e. The van der Waals surface area contributed by atoms with Crippen molar-refractivity contribution in [1.29, 1.82) is 0 Å². The lowest BCUT2D eigenvalue weighted by Crippen LogP contribution is -2.66. The van der Waals surface area contributed by atoms with Crippen molar-refractivity contribution in [3.8, 4) is 0 Å². The standard InChI is InChI=1S/C22H38N2O15/c1-7-14(30)18(34)19(35)22(37-7)36-6-11(29)20(15(31)10(4-25)23-8(2)27)39-21-13(24-9(3)28)17(33)16(32)12(5-26)38-21/h4,7,10-22,26,29-35H,5-6H2,1-3H3,(H,23,27)(H,24,28)/t7-,10-,11+,12+,13+,14+,15+,16+,17+,18+,19-,20+,21-,22+/m0/s1. The summed E-state index contributed by atoms with van der Waals surface area (Å²) in [6.07, 6.45) is -19.5. The van der Waals surface area contributed by atoms with Crippen LogP contribution in [0.25, 0.3) is 0 Å². The molecular weight excluding hydrogens is 532 g/mol. The third kappa shape index (κ3) is 8.32. The molecule has 0 unspecified atom stereocenters. The third-order valence-electron chi connectivity index (χ3n) is 6.38. The van der Waals surface area contributed by atoms with Crippen LogP contribution in [-0.4, -0.2) is 158 Å². The van der Waals surface area contributed by atoms with Crippen LogP contribution in [-0.2, 0) is 33.3 Å². The van der Waals surface area contributed by atoms with E-state index in [1.165, 1.54) is 6.92 Å². The van der Waals surface area contributed by atoms with Crippen LogP contribution >= 0.6 is 0 Å². The van der Waals surface area contributed by atoms with Gasteiger partial charge in [0.1, 0.15) is 73.3 Å². The van der Waals surface area contributed by atoms with Crippen molar-refractivity contribution < 1.29 is 74.2 Å². The molecule has 0 bridgehead atoms. The molecule has 226 valence electrons. The van der Waals surface area contributed by atoms with Gasteiger partial charge in [-0.1, -0.05) is 0 Å². The fourth-order valence-corrected chi connectivity index (χ4v) is 4.22. The van der Waals surface area contributed by atoms with Gasteiger partial charge in [-0.05, 0) is 6.92 Å². The molecule has 2 fully saturated rings. The van der Waals surface area contributed by atoms with Crippen LogP contribution in [0.3, 0.4) is 0 Å². The van der Waals surface area contributed by atoms with Gasteiger partial charge in [0, 0.05) is 13.8 Å². The van der Waals surface area contributed by atoms with Gasteiger partial charge in [0.05, 0.1) is 19.3 Å². The molecular formula is C22H38N2O15. The highest BCUT2D eigenvalue weighted by molar-refractivity contribution is 5.77. The number of aldehydes is 1. The Morgan fingerprint density at radius 2 is 1.56 bits per heavy atom. The van der Waals surface area contributed by atoms with E-state index in [0.29, 0.717) is 0 Å². The highest BCUT2D eigenvalue weighted by Gasteiger charge is 2.49. The fourth-order valence-electron chi connectivity index (χ4n) is 4.22. The fraction of sp³-hybridized carbons (Fsp3) is 0.864. The van der Waals surface area contributed by atoms with Crippen molar-refractivity contribution in [3.05, 3.63) is 0 Å². The normalized spacial score (nSPS) is 38.2. The molecule has 0 aromatic rings. The Morgan fingerprint density at radius 3 is 2.10 bits per heavy atom. The first-order valence-electron chi connectivity index (χ1n) is 12.2. The van der Waals surface area contributed by atoms with E-state index in [-0.39, 0.29) is 6.29 Å². The highest BCUT2D eigenvalue weighted by Crippen LogP contribution is 2.26. The molecule has 2 rings (SSSR count). The lowest BCUT2D eigenvalue weighted by Gasteiger charge is -2.44. The molecule has 10 N–H and O–H groups in total. The average molecular weight is 571 g/mol. The van der Waals surface area contributed by atoms with E-state index in [2.05, 4.69) is 10.6 Å². The van der Waals surface area contributed by atoms with E-state index < -0.39 is 111 Å². The van der Waals surface area contributed by atoms with E-state index in [1.54, 1.807) is 0 Å². The van der Waals surface area contributed by atoms with E-state index in [9.17, 15) is 55.2 Å². The Hall–Kier alpha value is -1.87. The highest BCUT2D eigenvalue weighted by atomic mass is 16.7. The number of rotatable bonds is 12. The van der Waals surface area contributed by atoms with E-state index in [1.807, 2.05) is 0 Å². The molecule has 2 aliphatic rings. The van der Waals surface area contributed by atoms with Crippen molar-refractivity contribution >= 4 is 18.1 Å². The molecule has 0 saturated carbocycles. The third-order valence-corrected chi connectivity index (χ3v) is 6.38. The first kappa shape index (κ1) is 33.3. The zero-order chi connectivity index (χ0) is 29.6. The summed E-state index contributed by atoms with van der Waals surface area (Å²) in [4.78, 5) is 34.9. The largest absolute Gasteiger partial charge is 0.394 e. The zero-order valence-corrected chi connectivity index (χ0v) is 21.5. The van der Waals surface area contributed by atoms with Gasteiger partial charge in [0.25, 0.3) is 0 Å². The molecule has 2 aliphatic heterocycles. The predicted molar refractivity (Wildman–Crippen MR) is 124 cm³/mol. The molecule has 17 heteroatoms. The first-order valence-corrected chi connectivity index (χ1v) is 12.2. The zero-order valence-electron chi connectivity index (χ0n) is 21.5. The molecule has 0 aromatic heterocycles. The van der Waals surface area contributed by atoms with Crippen LogP contribution in [0, 0.1) is 0 Å². The van der Waals surface area contributed by atoms with Gasteiger partial charge >= 0.3 is 0 Å². The first-order chi connectivity index (χ1) is 18.2. The van der Waals surface area contributed by atoms with Gasteiger partial charge in [0.15, 0.2) is 12.6 Å². The van der Waals surface area contributed by atoms with Crippen molar-refractivity contribution in [2.24, 2.45) is 0 Å². The summed E-state index contributed by atoms with van der Waals surface area (Å²) in [5, 5.41) is 86.4. The molecule has 0 radical (unpaired) electrons. The monoisotopic (exact) mass is 570 g/mol. The number of ether oxygens (including phenoxy) is 4. The molecule has 17 nitrogen and oxygen atoms in total. The maximum atomic E-state index is 11.7. The Bertz CT molecular complexity index is 820. The van der Waals surface area contributed by atoms with E-state index in [0.717, 1.165) is 13.8 Å². The number of aliphatic hydroxyl groups excluding tert-OH is 8. The quantitative estimate of drug-likeness (QED) is 0.0977. The van der Waals surface area contributed by atoms with Gasteiger partial charge in [-0.15, -0.1) is 0 Å². The van der Waals surface area contributed by atoms with Gasteiger partial charge in [-0.25, -0.2) is 0 Å². The molecule has 2 heterocycles. The minimum atomic E-state index is -1.99. The second-order valence-electron chi connectivity index (χ2n) is 9.47. The van der Waals surface area contributed by atoms with E-state index >= 15 is 0 Å². The summed E-state index contributed by atoms with van der Waals surface area (Å²) in [6, 6.07) is -3.12. The summed E-state index contributed by atoms with van der Waals surface area (Å²) in [5.74, 6) is -1.41. The average Bonchev–Trinajstić information content (AvgIpc) is 2.88. The Labute approximate surface area is 223 Å². The smallest absolute Gasteiger partial charge is 0.217 e. The summed E-state index contributed by atoms with van der Waals surface area (Å²) in [6.45, 7) is 1.96. The summed E-state index contributed by atoms with van der Waals surface area (Å²) in [7, 11) is 0. The number of carbonyl (C=O) groups excluding carboxylic acids is 3. The topological polar surface area (TPSA) is 274 Å². The molecule has 14 atom stereocenters. The lowest BCUT2D eigenvalue weighted by atomic mass is 9.96. The second-order valence-corrected chi connectivity index (χ2v) is 9.47. The van der Waals surface area contributed by atoms with Crippen molar-refractivity contribution in [3.63, 3.8) is 0 Å². The Morgan fingerprint density at radius 1 is 0.923 bits per heavy atom. The van der Waals surface area contributed by atoms with Crippen molar-refractivity contribution in [2.45, 2.75) is 106 Å². The number of carbonyl (C=O) groups is 3. The van der Waals surface area contributed by atoms with Crippen LogP contribution in [0.5, 0.6) is 0 Å². The van der Waals surface area contributed by atoms with Crippen LogP contribution < -0.4 is 10.6 Å². The van der Waals surface area contributed by atoms with Crippen LogP contribution in [0.4, 0.5) is 0 Å². The summed E-state index contributed by atoms with van der Waals surface area (Å²) in [5.41, 5.74) is 0. The number of aliphatic hydroxyl groups is 8. The van der Waals surface area contributed by atoms with Crippen LogP contribution in [0.2, 0.25) is 0 Å². The molecule has 39 heavy (non-hydrogen) atoms. The Balaban J connectivity index is 2.31. The number of hydrogen-bond donors (Lipinski definition) is 10. The Kier molecular flexibility index (Phi) is 12.5. The molecule has 0 aliphatic carbocycles. The maximum Gasteiger partial charge on any atom is 0.217 e. The molecule has 2 amide bonds. The second kappa shape index (κ2) is 14.7. The van der Waals surface area contributed by atoms with E-state index in [4.69, 9.17) is 18.9 Å². The molecule has 2 saturated heterocycles. The SMILES string of the molecule is CC(=O)N[C@H]1[C@H](O[C@@H]([C@H](O)[C@H](C=O)NC(C)=O)[C@H](O)CO[C@@H]2O[C@@H](C)[C@@H](O)[C@@H](O)[C@@H]2O)O[C@H](CO)[C@@H](O)[C@@H]1O. The van der Waals surface area contributed by atoms with Crippen molar-refractivity contribution in [2.75, 3.05) is 13.2 Å². The maximum absolute atomic E-state index is 11.7. The number of hydrogen-bond acceptors (Lipinski definition) is 15.